The summed E-state index contributed by atoms with van der Waals surface area (Å²) in [6.45, 7) is 2.72. The summed E-state index contributed by atoms with van der Waals surface area (Å²) in [6.07, 6.45) is 5.04. The molecule has 2 aliphatic rings. The van der Waals surface area contributed by atoms with Gasteiger partial charge in [-0.1, -0.05) is 0 Å². The third-order valence-electron chi connectivity index (χ3n) is 4.22. The van der Waals surface area contributed by atoms with Crippen molar-refractivity contribution in [1.29, 1.82) is 0 Å². The number of aryl methyl sites for hydroxylation is 1. The average Bonchev–Trinajstić information content (AvgIpc) is 2.94. The minimum Gasteiger partial charge on any atom is -0.380 e. The van der Waals surface area contributed by atoms with E-state index in [9.17, 15) is 8.42 Å². The summed E-state index contributed by atoms with van der Waals surface area (Å²) in [7, 11) is -1.47. The summed E-state index contributed by atoms with van der Waals surface area (Å²) in [5, 5.41) is 2.84. The molecule has 1 aromatic heterocycles. The molecule has 0 saturated carbocycles. The van der Waals surface area contributed by atoms with Crippen LogP contribution in [0.3, 0.4) is 0 Å². The summed E-state index contributed by atoms with van der Waals surface area (Å²) < 4.78 is 34.7. The minimum atomic E-state index is -3.36. The van der Waals surface area contributed by atoms with Crippen LogP contribution in [-0.2, 0) is 21.8 Å². The van der Waals surface area contributed by atoms with Gasteiger partial charge in [0.2, 0.25) is 10.0 Å². The Hall–Kier alpha value is -0.960. The van der Waals surface area contributed by atoms with Crippen molar-refractivity contribution in [1.82, 2.24) is 19.2 Å². The first-order valence-corrected chi connectivity index (χ1v) is 8.87. The van der Waals surface area contributed by atoms with Crippen LogP contribution in [0.5, 0.6) is 0 Å². The van der Waals surface area contributed by atoms with Crippen LogP contribution in [-0.4, -0.2) is 60.4 Å². The van der Waals surface area contributed by atoms with Gasteiger partial charge in [0, 0.05) is 45.7 Å². The monoisotopic (exact) mass is 314 g/mol. The molecule has 118 valence electrons. The number of sulfonamides is 1. The maximum atomic E-state index is 12.9. The topological polar surface area (TPSA) is 76.5 Å². The Bertz CT molecular complexity index is 580. The first kappa shape index (κ1) is 15.0. The normalized spacial score (nSPS) is 28.6. The molecule has 2 fully saturated rings. The maximum absolute atomic E-state index is 12.9. The van der Waals surface area contributed by atoms with Gasteiger partial charge in [-0.2, -0.15) is 4.31 Å². The Kier molecular flexibility index (Phi) is 4.30. The number of nitrogens with zero attached hydrogens (tertiary/aromatic N) is 3. The van der Waals surface area contributed by atoms with E-state index >= 15 is 0 Å². The molecule has 0 aliphatic carbocycles. The summed E-state index contributed by atoms with van der Waals surface area (Å²) >= 11 is 0. The van der Waals surface area contributed by atoms with Gasteiger partial charge in [-0.15, -0.1) is 0 Å². The van der Waals surface area contributed by atoms with E-state index in [0.717, 1.165) is 12.2 Å². The molecule has 0 spiro atoms. The SMILES string of the molecule is Cn1ccnc1C1CNCCN1S(=O)(=O)C1CCCOC1. The van der Waals surface area contributed by atoms with E-state index < -0.39 is 15.3 Å². The average molecular weight is 314 g/mol. The van der Waals surface area contributed by atoms with Gasteiger partial charge in [0.1, 0.15) is 5.82 Å². The fourth-order valence-corrected chi connectivity index (χ4v) is 5.03. The van der Waals surface area contributed by atoms with E-state index in [0.29, 0.717) is 39.3 Å². The Morgan fingerprint density at radius 3 is 3.00 bits per heavy atom. The lowest BCUT2D eigenvalue weighted by atomic mass is 10.2. The van der Waals surface area contributed by atoms with Crippen LogP contribution in [0, 0.1) is 0 Å². The van der Waals surface area contributed by atoms with E-state index in [4.69, 9.17) is 4.74 Å². The lowest BCUT2D eigenvalue weighted by molar-refractivity contribution is 0.0962. The summed E-state index contributed by atoms with van der Waals surface area (Å²) in [5.41, 5.74) is 0. The first-order valence-electron chi connectivity index (χ1n) is 7.37. The van der Waals surface area contributed by atoms with Crippen molar-refractivity contribution in [3.63, 3.8) is 0 Å². The predicted octanol–water partition coefficient (Wildman–Crippen LogP) is -0.125. The Balaban J connectivity index is 1.88. The van der Waals surface area contributed by atoms with Crippen molar-refractivity contribution in [2.75, 3.05) is 32.8 Å². The molecule has 2 saturated heterocycles. The van der Waals surface area contributed by atoms with Crippen LogP contribution in [0.1, 0.15) is 24.7 Å². The highest BCUT2D eigenvalue weighted by Crippen LogP contribution is 2.28. The second-order valence-electron chi connectivity index (χ2n) is 5.61. The number of hydrogen-bond donors (Lipinski definition) is 1. The van der Waals surface area contributed by atoms with Gasteiger partial charge in [-0.05, 0) is 12.8 Å². The van der Waals surface area contributed by atoms with Crippen molar-refractivity contribution < 1.29 is 13.2 Å². The van der Waals surface area contributed by atoms with E-state index in [-0.39, 0.29) is 6.04 Å². The van der Waals surface area contributed by atoms with E-state index in [1.54, 1.807) is 10.5 Å². The molecule has 2 aliphatic heterocycles. The van der Waals surface area contributed by atoms with Gasteiger partial charge < -0.3 is 14.6 Å². The van der Waals surface area contributed by atoms with Crippen molar-refractivity contribution in [3.8, 4) is 0 Å². The number of hydrogen-bond acceptors (Lipinski definition) is 5. The second kappa shape index (κ2) is 6.04. The lowest BCUT2D eigenvalue weighted by Crippen LogP contribution is -2.53. The van der Waals surface area contributed by atoms with Gasteiger partial charge in [0.05, 0.1) is 17.9 Å². The molecule has 2 unspecified atom stereocenters. The standard InChI is InChI=1S/C13H22N4O3S/c1-16-6-5-15-13(16)12-9-14-4-7-17(12)21(18,19)11-3-2-8-20-10-11/h5-6,11-12,14H,2-4,7-10H2,1H3. The second-order valence-corrected chi connectivity index (χ2v) is 7.78. The van der Waals surface area contributed by atoms with Gasteiger partial charge in [0.15, 0.2) is 0 Å². The molecule has 1 N–H and O–H groups in total. The number of ether oxygens (including phenoxy) is 1. The largest absolute Gasteiger partial charge is 0.380 e. The van der Waals surface area contributed by atoms with Crippen molar-refractivity contribution in [3.05, 3.63) is 18.2 Å². The van der Waals surface area contributed by atoms with Crippen LogP contribution in [0.25, 0.3) is 0 Å². The predicted molar refractivity (Wildman–Crippen MR) is 78.3 cm³/mol. The molecule has 3 rings (SSSR count). The Morgan fingerprint density at radius 1 is 1.48 bits per heavy atom. The zero-order chi connectivity index (χ0) is 14.9. The molecule has 21 heavy (non-hydrogen) atoms. The fraction of sp³-hybridized carbons (Fsp3) is 0.769. The molecular formula is C13H22N4O3S. The summed E-state index contributed by atoms with van der Waals surface area (Å²) in [5.74, 6) is 0.780. The maximum Gasteiger partial charge on any atom is 0.220 e. The number of aromatic nitrogens is 2. The molecule has 0 amide bonds. The first-order chi connectivity index (χ1) is 10.1. The quantitative estimate of drug-likeness (QED) is 0.841. The molecule has 3 heterocycles. The van der Waals surface area contributed by atoms with Crippen LogP contribution >= 0.6 is 0 Å². The number of nitrogens with one attached hydrogen (secondary N) is 1. The zero-order valence-electron chi connectivity index (χ0n) is 12.2. The molecule has 0 bridgehead atoms. The van der Waals surface area contributed by atoms with Crippen molar-refractivity contribution >= 4 is 10.0 Å². The van der Waals surface area contributed by atoms with Crippen molar-refractivity contribution in [2.24, 2.45) is 7.05 Å². The zero-order valence-corrected chi connectivity index (χ0v) is 13.1. The van der Waals surface area contributed by atoms with Gasteiger partial charge >= 0.3 is 0 Å². The lowest BCUT2D eigenvalue weighted by Gasteiger charge is -2.37. The molecule has 7 nitrogen and oxygen atoms in total. The molecule has 1 aromatic rings. The van der Waals surface area contributed by atoms with Gasteiger partial charge in [-0.3, -0.25) is 0 Å². The number of rotatable bonds is 3. The molecule has 0 radical (unpaired) electrons. The van der Waals surface area contributed by atoms with Crippen LogP contribution in [0.15, 0.2) is 12.4 Å². The minimum absolute atomic E-state index is 0.245. The molecular weight excluding hydrogens is 292 g/mol. The van der Waals surface area contributed by atoms with E-state index in [1.165, 1.54) is 0 Å². The molecule has 8 heteroatoms. The third kappa shape index (κ3) is 2.85. The summed E-state index contributed by atoms with van der Waals surface area (Å²) in [6, 6.07) is -0.245. The number of piperazine rings is 1. The van der Waals surface area contributed by atoms with Gasteiger partial charge in [-0.25, -0.2) is 13.4 Å². The van der Waals surface area contributed by atoms with Crippen LogP contribution in [0.4, 0.5) is 0 Å². The Morgan fingerprint density at radius 2 is 2.33 bits per heavy atom. The highest BCUT2D eigenvalue weighted by molar-refractivity contribution is 7.89. The van der Waals surface area contributed by atoms with Crippen LogP contribution < -0.4 is 5.32 Å². The smallest absolute Gasteiger partial charge is 0.220 e. The van der Waals surface area contributed by atoms with E-state index in [1.807, 2.05) is 17.8 Å². The summed E-state index contributed by atoms with van der Waals surface area (Å²) in [4.78, 5) is 4.33. The fourth-order valence-electron chi connectivity index (χ4n) is 3.05. The van der Waals surface area contributed by atoms with Crippen molar-refractivity contribution in [2.45, 2.75) is 24.1 Å². The number of imidazole rings is 1. The van der Waals surface area contributed by atoms with E-state index in [2.05, 4.69) is 10.3 Å². The highest BCUT2D eigenvalue weighted by atomic mass is 32.2. The highest BCUT2D eigenvalue weighted by Gasteiger charge is 2.40. The third-order valence-corrected chi connectivity index (χ3v) is 6.52. The van der Waals surface area contributed by atoms with Crippen LogP contribution in [0.2, 0.25) is 0 Å². The van der Waals surface area contributed by atoms with Gasteiger partial charge in [0.25, 0.3) is 0 Å². The molecule has 2 atom stereocenters. The Labute approximate surface area is 125 Å². The molecule has 0 aromatic carbocycles.